The number of benzene rings is 1. The minimum Gasteiger partial charge on any atom is -0.103 e. The second-order valence-electron chi connectivity index (χ2n) is 9.99. The molecule has 148 valence electrons. The van der Waals surface area contributed by atoms with Crippen LogP contribution in [0.25, 0.3) is 0 Å². The summed E-state index contributed by atoms with van der Waals surface area (Å²) in [5.41, 5.74) is 4.92. The second kappa shape index (κ2) is 8.97. The van der Waals surface area contributed by atoms with Crippen molar-refractivity contribution in [3.63, 3.8) is 0 Å². The van der Waals surface area contributed by atoms with E-state index in [1.165, 1.54) is 77.0 Å². The Kier molecular flexibility index (Phi) is 6.41. The summed E-state index contributed by atoms with van der Waals surface area (Å²) in [6.07, 6.45) is 20.5. The van der Waals surface area contributed by atoms with Gasteiger partial charge in [0.15, 0.2) is 0 Å². The number of hydrogen-bond donors (Lipinski definition) is 0. The molecule has 0 heteroatoms. The SMILES string of the molecule is C=CCC[C@@H]1CC[C@@H]2CC(C3CCc4cc(CCC)ccc4C3)CCC2C1. The van der Waals surface area contributed by atoms with Crippen molar-refractivity contribution in [1.29, 1.82) is 0 Å². The average molecular weight is 365 g/mol. The van der Waals surface area contributed by atoms with Gasteiger partial charge in [-0.1, -0.05) is 44.0 Å². The average Bonchev–Trinajstić information content (AvgIpc) is 2.71. The predicted octanol–water partition coefficient (Wildman–Crippen LogP) is 7.54. The van der Waals surface area contributed by atoms with E-state index in [0.29, 0.717) is 0 Å². The first-order valence-corrected chi connectivity index (χ1v) is 12.0. The van der Waals surface area contributed by atoms with Crippen LogP contribution in [0.5, 0.6) is 0 Å². The maximum atomic E-state index is 3.92. The molecule has 2 saturated carbocycles. The topological polar surface area (TPSA) is 0 Å². The van der Waals surface area contributed by atoms with Crippen molar-refractivity contribution in [2.45, 2.75) is 90.4 Å². The Morgan fingerprint density at radius 2 is 1.70 bits per heavy atom. The van der Waals surface area contributed by atoms with Crippen LogP contribution in [0.4, 0.5) is 0 Å². The van der Waals surface area contributed by atoms with Crippen molar-refractivity contribution in [1.82, 2.24) is 0 Å². The second-order valence-corrected chi connectivity index (χ2v) is 9.99. The van der Waals surface area contributed by atoms with E-state index in [0.717, 1.165) is 29.6 Å². The van der Waals surface area contributed by atoms with Crippen molar-refractivity contribution in [2.75, 3.05) is 0 Å². The lowest BCUT2D eigenvalue weighted by molar-refractivity contribution is 0.0699. The van der Waals surface area contributed by atoms with Gasteiger partial charge in [-0.15, -0.1) is 6.58 Å². The van der Waals surface area contributed by atoms with Gasteiger partial charge in [-0.2, -0.15) is 0 Å². The molecule has 1 aromatic carbocycles. The van der Waals surface area contributed by atoms with Crippen LogP contribution in [-0.2, 0) is 19.3 Å². The molecule has 4 rings (SSSR count). The highest BCUT2D eigenvalue weighted by atomic mass is 14.4. The molecule has 0 heterocycles. The predicted molar refractivity (Wildman–Crippen MR) is 117 cm³/mol. The van der Waals surface area contributed by atoms with E-state index >= 15 is 0 Å². The van der Waals surface area contributed by atoms with E-state index in [1.807, 2.05) is 0 Å². The molecular weight excluding hydrogens is 324 g/mol. The Balaban J connectivity index is 1.33. The van der Waals surface area contributed by atoms with Crippen molar-refractivity contribution in [2.24, 2.45) is 29.6 Å². The van der Waals surface area contributed by atoms with Gasteiger partial charge in [0.1, 0.15) is 0 Å². The van der Waals surface area contributed by atoms with Gasteiger partial charge in [-0.3, -0.25) is 0 Å². The summed E-state index contributed by atoms with van der Waals surface area (Å²) in [7, 11) is 0. The van der Waals surface area contributed by atoms with Gasteiger partial charge < -0.3 is 0 Å². The van der Waals surface area contributed by atoms with E-state index in [4.69, 9.17) is 0 Å². The van der Waals surface area contributed by atoms with E-state index in [1.54, 1.807) is 23.1 Å². The first-order valence-electron chi connectivity index (χ1n) is 12.0. The zero-order valence-electron chi connectivity index (χ0n) is 17.6. The molecule has 27 heavy (non-hydrogen) atoms. The Morgan fingerprint density at radius 1 is 0.926 bits per heavy atom. The van der Waals surface area contributed by atoms with Crippen molar-refractivity contribution in [3.05, 3.63) is 47.5 Å². The van der Waals surface area contributed by atoms with Gasteiger partial charge >= 0.3 is 0 Å². The molecule has 0 aromatic heterocycles. The van der Waals surface area contributed by atoms with Crippen molar-refractivity contribution >= 4 is 0 Å². The summed E-state index contributed by atoms with van der Waals surface area (Å²) in [6, 6.07) is 7.41. The molecule has 0 radical (unpaired) electrons. The monoisotopic (exact) mass is 364 g/mol. The highest BCUT2D eigenvalue weighted by Gasteiger charge is 2.38. The number of aryl methyl sites for hydroxylation is 2. The molecule has 5 atom stereocenters. The van der Waals surface area contributed by atoms with Crippen LogP contribution in [0.3, 0.4) is 0 Å². The van der Waals surface area contributed by atoms with Crippen LogP contribution in [0.1, 0.15) is 87.8 Å². The lowest BCUT2D eigenvalue weighted by Gasteiger charge is -2.45. The van der Waals surface area contributed by atoms with Crippen molar-refractivity contribution in [3.8, 4) is 0 Å². The summed E-state index contributed by atoms with van der Waals surface area (Å²) < 4.78 is 0. The highest BCUT2D eigenvalue weighted by molar-refractivity contribution is 5.34. The third kappa shape index (κ3) is 4.52. The van der Waals surface area contributed by atoms with Crippen LogP contribution >= 0.6 is 0 Å². The van der Waals surface area contributed by atoms with Crippen LogP contribution in [0, 0.1) is 29.6 Å². The van der Waals surface area contributed by atoms with Crippen LogP contribution < -0.4 is 0 Å². The molecule has 0 nitrogen and oxygen atoms in total. The molecule has 0 bridgehead atoms. The molecule has 3 aliphatic carbocycles. The Hall–Kier alpha value is -1.04. The van der Waals surface area contributed by atoms with Gasteiger partial charge in [-0.25, -0.2) is 0 Å². The highest BCUT2D eigenvalue weighted by Crippen LogP contribution is 2.49. The van der Waals surface area contributed by atoms with Gasteiger partial charge in [0.05, 0.1) is 0 Å². The Bertz CT molecular complexity index is 627. The number of rotatable bonds is 6. The fraction of sp³-hybridized carbons (Fsp3) is 0.704. The maximum absolute atomic E-state index is 3.92. The van der Waals surface area contributed by atoms with Gasteiger partial charge in [0, 0.05) is 0 Å². The number of allylic oxidation sites excluding steroid dienone is 1. The molecule has 0 spiro atoms. The van der Waals surface area contributed by atoms with E-state index in [-0.39, 0.29) is 0 Å². The molecular formula is C27H40. The lowest BCUT2D eigenvalue weighted by atomic mass is 9.61. The lowest BCUT2D eigenvalue weighted by Crippen LogP contribution is -2.35. The Morgan fingerprint density at radius 3 is 2.52 bits per heavy atom. The molecule has 0 N–H and O–H groups in total. The first kappa shape index (κ1) is 19.3. The standard InChI is InChI=1S/C27H40/c1-3-5-7-21-9-11-25-19-27(15-13-23(25)17-21)26-14-12-22-16-20(6-4-2)8-10-24(22)18-26/h3,8,10,16,21,23,25-27H,1,4-7,9,11-15,17-19H2,2H3/t21-,23?,25-,26?,27?/m1/s1. The van der Waals surface area contributed by atoms with E-state index in [2.05, 4.69) is 37.8 Å². The molecule has 3 aliphatic rings. The third-order valence-corrected chi connectivity index (χ3v) is 8.28. The fourth-order valence-electron chi connectivity index (χ4n) is 6.75. The zero-order valence-corrected chi connectivity index (χ0v) is 17.6. The van der Waals surface area contributed by atoms with E-state index in [9.17, 15) is 0 Å². The molecule has 1 aromatic rings. The van der Waals surface area contributed by atoms with Crippen LogP contribution in [-0.4, -0.2) is 0 Å². The summed E-state index contributed by atoms with van der Waals surface area (Å²) in [4.78, 5) is 0. The smallest absolute Gasteiger partial charge is 0.0245 e. The molecule has 0 amide bonds. The summed E-state index contributed by atoms with van der Waals surface area (Å²) >= 11 is 0. The zero-order chi connectivity index (χ0) is 18.6. The van der Waals surface area contributed by atoms with Gasteiger partial charge in [-0.05, 0) is 117 Å². The number of hydrogen-bond acceptors (Lipinski definition) is 0. The van der Waals surface area contributed by atoms with Crippen LogP contribution in [0.2, 0.25) is 0 Å². The first-order chi connectivity index (χ1) is 13.3. The largest absolute Gasteiger partial charge is 0.103 e. The van der Waals surface area contributed by atoms with E-state index < -0.39 is 0 Å². The minimum absolute atomic E-state index is 0.967. The quantitative estimate of drug-likeness (QED) is 0.457. The van der Waals surface area contributed by atoms with Crippen LogP contribution in [0.15, 0.2) is 30.9 Å². The normalized spacial score (nSPS) is 33.1. The van der Waals surface area contributed by atoms with Gasteiger partial charge in [0.25, 0.3) is 0 Å². The molecule has 3 unspecified atom stereocenters. The Labute approximate surface area is 167 Å². The van der Waals surface area contributed by atoms with Gasteiger partial charge in [0.2, 0.25) is 0 Å². The molecule has 0 saturated heterocycles. The fourth-order valence-corrected chi connectivity index (χ4v) is 6.75. The molecule has 0 aliphatic heterocycles. The molecule has 2 fully saturated rings. The minimum atomic E-state index is 0.967. The summed E-state index contributed by atoms with van der Waals surface area (Å²) in [5, 5.41) is 0. The maximum Gasteiger partial charge on any atom is -0.0245 e. The van der Waals surface area contributed by atoms with Crippen molar-refractivity contribution < 1.29 is 0 Å². The number of fused-ring (bicyclic) bond motifs is 2. The summed E-state index contributed by atoms with van der Waals surface area (Å²) in [5.74, 6) is 5.09. The summed E-state index contributed by atoms with van der Waals surface area (Å²) in [6.45, 7) is 6.21. The third-order valence-electron chi connectivity index (χ3n) is 8.28.